The molecule has 1 aliphatic rings. The molecule has 5 rings (SSSR count). The monoisotopic (exact) mass is 670 g/mol. The number of carbonyl (C=O) groups is 4. The van der Waals surface area contributed by atoms with E-state index in [-0.39, 0.29) is 26.2 Å². The number of ether oxygens (including phenoxy) is 2. The Morgan fingerprint density at radius 3 is 1.14 bits per heavy atom. The Hall–Kier alpha value is -6.52. The zero-order valence-corrected chi connectivity index (χ0v) is 26.9. The summed E-state index contributed by atoms with van der Waals surface area (Å²) in [5.41, 5.74) is 1.31. The maximum absolute atomic E-state index is 13.9. The lowest BCUT2D eigenvalue weighted by Gasteiger charge is -2.48. The molecule has 0 aliphatic heterocycles. The van der Waals surface area contributed by atoms with Crippen LogP contribution in [0.4, 0.5) is 0 Å². The highest BCUT2D eigenvalue weighted by molar-refractivity contribution is 5.99. The van der Waals surface area contributed by atoms with Gasteiger partial charge in [-0.05, 0) is 59.7 Å². The van der Waals surface area contributed by atoms with Crippen LogP contribution >= 0.6 is 0 Å². The number of aliphatic carboxylic acids is 2. The Balaban J connectivity index is 1.31. The highest BCUT2D eigenvalue weighted by Crippen LogP contribution is 2.49. The first-order valence-electron chi connectivity index (χ1n) is 15.7. The van der Waals surface area contributed by atoms with Gasteiger partial charge in [0.05, 0.1) is 36.8 Å². The SMILES string of the molecule is C#CCN(Cc1ccc(Oc2ccccc2)cc1)C(=O)C1C(C(=O)O)C(C(=O)N(CC#C)Cc2ccc(Oc3ccccc3)cc2)C1C(=O)O. The van der Waals surface area contributed by atoms with Crippen molar-refractivity contribution in [3.8, 4) is 47.7 Å². The molecule has 4 aromatic carbocycles. The number of carboxylic acid groups (broad SMARTS) is 2. The van der Waals surface area contributed by atoms with Crippen LogP contribution in [0.1, 0.15) is 11.1 Å². The Morgan fingerprint density at radius 1 is 0.520 bits per heavy atom. The largest absolute Gasteiger partial charge is 0.481 e. The van der Waals surface area contributed by atoms with Crippen LogP contribution in [0.15, 0.2) is 109 Å². The van der Waals surface area contributed by atoms with Crippen molar-refractivity contribution in [2.45, 2.75) is 13.1 Å². The van der Waals surface area contributed by atoms with Gasteiger partial charge in [0, 0.05) is 13.1 Å². The number of para-hydroxylation sites is 2. The molecule has 10 heteroatoms. The molecule has 50 heavy (non-hydrogen) atoms. The molecule has 0 saturated heterocycles. The van der Waals surface area contributed by atoms with Gasteiger partial charge in [-0.25, -0.2) is 0 Å². The van der Waals surface area contributed by atoms with E-state index < -0.39 is 47.4 Å². The fraction of sp³-hybridized carbons (Fsp3) is 0.200. The Labute approximate surface area is 289 Å². The van der Waals surface area contributed by atoms with Crippen molar-refractivity contribution in [1.29, 1.82) is 0 Å². The van der Waals surface area contributed by atoms with Crippen LogP contribution in [0, 0.1) is 48.4 Å². The number of carboxylic acids is 2. The van der Waals surface area contributed by atoms with Gasteiger partial charge in [-0.2, -0.15) is 0 Å². The number of hydrogen-bond acceptors (Lipinski definition) is 6. The molecule has 1 saturated carbocycles. The normalized spacial score (nSPS) is 17.6. The number of benzene rings is 4. The summed E-state index contributed by atoms with van der Waals surface area (Å²) in [6.45, 7) is -0.449. The molecule has 1 aliphatic carbocycles. The van der Waals surface area contributed by atoms with Crippen molar-refractivity contribution in [3.63, 3.8) is 0 Å². The van der Waals surface area contributed by atoms with Gasteiger partial charge < -0.3 is 29.5 Å². The van der Waals surface area contributed by atoms with Crippen molar-refractivity contribution in [2.24, 2.45) is 23.7 Å². The van der Waals surface area contributed by atoms with Gasteiger partial charge in [0.25, 0.3) is 0 Å². The summed E-state index contributed by atoms with van der Waals surface area (Å²) in [6, 6.07) is 32.1. The Morgan fingerprint density at radius 2 is 0.840 bits per heavy atom. The third kappa shape index (κ3) is 8.12. The summed E-state index contributed by atoms with van der Waals surface area (Å²) >= 11 is 0. The molecule has 10 nitrogen and oxygen atoms in total. The number of amides is 2. The fourth-order valence-electron chi connectivity index (χ4n) is 6.06. The summed E-state index contributed by atoms with van der Waals surface area (Å²) in [5.74, 6) is -3.57. The van der Waals surface area contributed by atoms with Crippen LogP contribution in [0.5, 0.6) is 23.0 Å². The number of rotatable bonds is 14. The van der Waals surface area contributed by atoms with Crippen LogP contribution in [-0.2, 0) is 32.3 Å². The number of nitrogens with zero attached hydrogens (tertiary/aromatic N) is 2. The fourth-order valence-corrected chi connectivity index (χ4v) is 6.06. The summed E-state index contributed by atoms with van der Waals surface area (Å²) < 4.78 is 11.6. The van der Waals surface area contributed by atoms with E-state index in [4.69, 9.17) is 22.3 Å². The minimum Gasteiger partial charge on any atom is -0.481 e. The van der Waals surface area contributed by atoms with Crippen LogP contribution in [-0.4, -0.2) is 56.9 Å². The van der Waals surface area contributed by atoms with Gasteiger partial charge >= 0.3 is 11.9 Å². The maximum Gasteiger partial charge on any atom is 0.308 e. The van der Waals surface area contributed by atoms with Gasteiger partial charge in [0.2, 0.25) is 11.8 Å². The molecule has 0 heterocycles. The third-order valence-corrected chi connectivity index (χ3v) is 8.43. The second-order valence-electron chi connectivity index (χ2n) is 11.7. The zero-order chi connectivity index (χ0) is 35.6. The maximum atomic E-state index is 13.9. The topological polar surface area (TPSA) is 134 Å². The van der Waals surface area contributed by atoms with Crippen molar-refractivity contribution >= 4 is 23.8 Å². The van der Waals surface area contributed by atoms with E-state index in [0.29, 0.717) is 34.1 Å². The summed E-state index contributed by atoms with van der Waals surface area (Å²) in [5, 5.41) is 20.5. The molecule has 252 valence electrons. The molecule has 0 radical (unpaired) electrons. The Kier molecular flexibility index (Phi) is 11.2. The average molecular weight is 671 g/mol. The number of carbonyl (C=O) groups excluding carboxylic acids is 2. The lowest BCUT2D eigenvalue weighted by atomic mass is 9.55. The molecule has 0 spiro atoms. The van der Waals surface area contributed by atoms with Crippen molar-refractivity contribution in [3.05, 3.63) is 120 Å². The van der Waals surface area contributed by atoms with Gasteiger partial charge in [-0.1, -0.05) is 72.5 Å². The summed E-state index contributed by atoms with van der Waals surface area (Å²) in [7, 11) is 0. The smallest absolute Gasteiger partial charge is 0.308 e. The molecular weight excluding hydrogens is 636 g/mol. The van der Waals surface area contributed by atoms with E-state index in [9.17, 15) is 29.4 Å². The van der Waals surface area contributed by atoms with Gasteiger partial charge in [0.1, 0.15) is 23.0 Å². The van der Waals surface area contributed by atoms with Crippen LogP contribution in [0.2, 0.25) is 0 Å². The van der Waals surface area contributed by atoms with E-state index in [0.717, 1.165) is 0 Å². The quantitative estimate of drug-likeness (QED) is 0.167. The van der Waals surface area contributed by atoms with Crippen molar-refractivity contribution in [2.75, 3.05) is 13.1 Å². The minimum atomic E-state index is -1.61. The van der Waals surface area contributed by atoms with Crippen LogP contribution < -0.4 is 9.47 Å². The minimum absolute atomic E-state index is 0.0182. The predicted octanol–water partition coefficient (Wildman–Crippen LogP) is 5.54. The molecule has 2 amide bonds. The predicted molar refractivity (Wildman–Crippen MR) is 184 cm³/mol. The molecule has 0 atom stereocenters. The van der Waals surface area contributed by atoms with E-state index in [1.807, 2.05) is 36.4 Å². The molecule has 1 fully saturated rings. The van der Waals surface area contributed by atoms with Crippen molar-refractivity contribution < 1.29 is 38.9 Å². The van der Waals surface area contributed by atoms with E-state index in [2.05, 4.69) is 11.8 Å². The standard InChI is InChI=1S/C40H34N2O8/c1-3-23-41(25-27-15-19-31(20-16-27)49-29-11-7-5-8-12-29)37(43)33-35(39(45)46)34(36(33)40(47)48)38(44)42(24-4-2)26-28-17-21-32(22-18-28)50-30-13-9-6-10-14-30/h1-2,5-22,33-36H,23-26H2,(H,45,46)(H,47,48). The number of hydrogen-bond donors (Lipinski definition) is 2. The van der Waals surface area contributed by atoms with E-state index in [1.54, 1.807) is 72.8 Å². The second-order valence-corrected chi connectivity index (χ2v) is 11.7. The lowest BCUT2D eigenvalue weighted by Crippen LogP contribution is -2.64. The molecular formula is C40H34N2O8. The summed E-state index contributed by atoms with van der Waals surface area (Å²) in [4.78, 5) is 55.4. The highest BCUT2D eigenvalue weighted by Gasteiger charge is 2.64. The Bertz CT molecular complexity index is 1750. The van der Waals surface area contributed by atoms with Crippen LogP contribution in [0.3, 0.4) is 0 Å². The van der Waals surface area contributed by atoms with Gasteiger partial charge in [-0.15, -0.1) is 12.8 Å². The molecule has 2 N–H and O–H groups in total. The second kappa shape index (κ2) is 16.1. The molecule has 4 aromatic rings. The first-order valence-corrected chi connectivity index (χ1v) is 15.7. The zero-order valence-electron chi connectivity index (χ0n) is 26.9. The molecule has 0 bridgehead atoms. The lowest BCUT2D eigenvalue weighted by molar-refractivity contribution is -0.187. The first kappa shape index (κ1) is 34.8. The van der Waals surface area contributed by atoms with Crippen LogP contribution in [0.25, 0.3) is 0 Å². The molecule has 0 unspecified atom stereocenters. The van der Waals surface area contributed by atoms with E-state index in [1.165, 1.54) is 9.80 Å². The average Bonchev–Trinajstić information content (AvgIpc) is 3.09. The highest BCUT2D eigenvalue weighted by atomic mass is 16.5. The number of terminal acetylenes is 2. The van der Waals surface area contributed by atoms with Gasteiger partial charge in [-0.3, -0.25) is 19.2 Å². The molecule has 0 aromatic heterocycles. The van der Waals surface area contributed by atoms with Gasteiger partial charge in [0.15, 0.2) is 0 Å². The summed E-state index contributed by atoms with van der Waals surface area (Å²) in [6.07, 6.45) is 11.1. The first-order chi connectivity index (χ1) is 24.2. The van der Waals surface area contributed by atoms with E-state index >= 15 is 0 Å². The third-order valence-electron chi connectivity index (χ3n) is 8.43. The van der Waals surface area contributed by atoms with Crippen molar-refractivity contribution in [1.82, 2.24) is 9.80 Å².